The standard InChI is InChI=1S/C22H31N5O4/c1-29-13-8-22(21-23-19(31-26-21)16-4-11-30-12-5-16)6-9-27(10-7-22)20(28)18-14-17(24-25-18)15-2-3-15/h14-16H,2-13H2,1H3,(H,24,25). The molecule has 0 spiro atoms. The zero-order valence-corrected chi connectivity index (χ0v) is 18.1. The third kappa shape index (κ3) is 4.25. The van der Waals surface area contributed by atoms with Crippen LogP contribution < -0.4 is 0 Å². The van der Waals surface area contributed by atoms with Crippen molar-refractivity contribution in [3.8, 4) is 0 Å². The smallest absolute Gasteiger partial charge is 0.274 e. The fourth-order valence-corrected chi connectivity index (χ4v) is 4.79. The molecule has 3 fully saturated rings. The van der Waals surface area contributed by atoms with E-state index in [1.807, 2.05) is 11.0 Å². The minimum atomic E-state index is -0.232. The van der Waals surface area contributed by atoms with E-state index >= 15 is 0 Å². The van der Waals surface area contributed by atoms with Gasteiger partial charge >= 0.3 is 0 Å². The SMILES string of the molecule is COCCC1(c2noc(C3CCOCC3)n2)CCN(C(=O)c2cc(C3CC3)[nH]n2)CC1. The fourth-order valence-electron chi connectivity index (χ4n) is 4.79. The molecular formula is C22H31N5O4. The minimum absolute atomic E-state index is 0.000465. The summed E-state index contributed by atoms with van der Waals surface area (Å²) in [5, 5.41) is 11.7. The second kappa shape index (κ2) is 8.70. The van der Waals surface area contributed by atoms with Gasteiger partial charge in [0.1, 0.15) is 5.69 Å². The van der Waals surface area contributed by atoms with Crippen LogP contribution >= 0.6 is 0 Å². The highest BCUT2D eigenvalue weighted by Crippen LogP contribution is 2.40. The summed E-state index contributed by atoms with van der Waals surface area (Å²) in [6.45, 7) is 3.40. The van der Waals surface area contributed by atoms with Gasteiger partial charge in [0, 0.05) is 63.0 Å². The van der Waals surface area contributed by atoms with Crippen LogP contribution in [0.1, 0.15) is 84.7 Å². The lowest BCUT2D eigenvalue weighted by molar-refractivity contribution is 0.0610. The Morgan fingerprint density at radius 2 is 2.00 bits per heavy atom. The second-order valence-electron chi connectivity index (χ2n) is 9.14. The Hall–Kier alpha value is -2.26. The van der Waals surface area contributed by atoms with E-state index in [1.165, 1.54) is 12.8 Å². The summed E-state index contributed by atoms with van der Waals surface area (Å²) in [7, 11) is 1.71. The highest BCUT2D eigenvalue weighted by atomic mass is 16.5. The van der Waals surface area contributed by atoms with Crippen molar-refractivity contribution in [2.45, 2.75) is 62.2 Å². The van der Waals surface area contributed by atoms with E-state index in [1.54, 1.807) is 7.11 Å². The zero-order valence-electron chi connectivity index (χ0n) is 18.1. The lowest BCUT2D eigenvalue weighted by Crippen LogP contribution is -2.46. The van der Waals surface area contributed by atoms with E-state index in [0.717, 1.165) is 62.7 Å². The first kappa shape index (κ1) is 20.6. The van der Waals surface area contributed by atoms with E-state index in [0.29, 0.717) is 31.3 Å². The Morgan fingerprint density at radius 1 is 1.23 bits per heavy atom. The number of rotatable bonds is 7. The molecule has 3 aliphatic rings. The molecule has 4 heterocycles. The number of H-pyrrole nitrogens is 1. The molecule has 1 amide bonds. The Morgan fingerprint density at radius 3 is 2.71 bits per heavy atom. The van der Waals surface area contributed by atoms with Crippen molar-refractivity contribution in [1.29, 1.82) is 0 Å². The first-order valence-electron chi connectivity index (χ1n) is 11.4. The maximum Gasteiger partial charge on any atom is 0.274 e. The maximum atomic E-state index is 13.0. The van der Waals surface area contributed by atoms with Crippen LogP contribution in [0.4, 0.5) is 0 Å². The third-order valence-electron chi connectivity index (χ3n) is 7.11. The highest BCUT2D eigenvalue weighted by molar-refractivity contribution is 5.92. The number of carbonyl (C=O) groups excluding carboxylic acids is 1. The van der Waals surface area contributed by atoms with E-state index in [4.69, 9.17) is 19.0 Å². The van der Waals surface area contributed by atoms with Gasteiger partial charge in [-0.25, -0.2) is 0 Å². The molecule has 168 valence electrons. The Bertz CT molecular complexity index is 891. The average Bonchev–Trinajstić information content (AvgIpc) is 3.34. The summed E-state index contributed by atoms with van der Waals surface area (Å²) in [6, 6.07) is 1.92. The largest absolute Gasteiger partial charge is 0.385 e. The van der Waals surface area contributed by atoms with Crippen LogP contribution in [0.25, 0.3) is 0 Å². The monoisotopic (exact) mass is 429 g/mol. The van der Waals surface area contributed by atoms with E-state index in [2.05, 4.69) is 15.4 Å². The van der Waals surface area contributed by atoms with Gasteiger partial charge in [-0.3, -0.25) is 9.89 Å². The number of amides is 1. The van der Waals surface area contributed by atoms with Crippen LogP contribution in [-0.2, 0) is 14.9 Å². The molecule has 1 aliphatic carbocycles. The first-order valence-corrected chi connectivity index (χ1v) is 11.4. The molecule has 1 saturated carbocycles. The predicted octanol–water partition coefficient (Wildman–Crippen LogP) is 2.77. The molecule has 0 radical (unpaired) electrons. The Balaban J connectivity index is 1.28. The summed E-state index contributed by atoms with van der Waals surface area (Å²) in [5.74, 6) is 2.31. The number of nitrogens with zero attached hydrogens (tertiary/aromatic N) is 4. The summed E-state index contributed by atoms with van der Waals surface area (Å²) in [6.07, 6.45) is 6.59. The molecule has 0 bridgehead atoms. The molecule has 2 saturated heterocycles. The number of hydrogen-bond donors (Lipinski definition) is 1. The van der Waals surface area contributed by atoms with Gasteiger partial charge in [0.15, 0.2) is 5.82 Å². The van der Waals surface area contributed by atoms with Crippen molar-refractivity contribution in [3.63, 3.8) is 0 Å². The summed E-state index contributed by atoms with van der Waals surface area (Å²) < 4.78 is 16.5. The predicted molar refractivity (Wildman–Crippen MR) is 111 cm³/mol. The lowest BCUT2D eigenvalue weighted by Gasteiger charge is -2.39. The molecular weight excluding hydrogens is 398 g/mol. The molecule has 5 rings (SSSR count). The van der Waals surface area contributed by atoms with Gasteiger partial charge in [0.2, 0.25) is 5.89 Å². The molecule has 9 heteroatoms. The van der Waals surface area contributed by atoms with Crippen molar-refractivity contribution in [3.05, 3.63) is 29.2 Å². The van der Waals surface area contributed by atoms with Crippen LogP contribution in [0.3, 0.4) is 0 Å². The number of hydrogen-bond acceptors (Lipinski definition) is 7. The lowest BCUT2D eigenvalue weighted by atomic mass is 9.75. The quantitative estimate of drug-likeness (QED) is 0.721. The van der Waals surface area contributed by atoms with Gasteiger partial charge in [-0.2, -0.15) is 10.1 Å². The van der Waals surface area contributed by atoms with Crippen molar-refractivity contribution in [2.75, 3.05) is 40.0 Å². The Kier molecular flexibility index (Phi) is 5.79. The van der Waals surface area contributed by atoms with Crippen molar-refractivity contribution in [2.24, 2.45) is 0 Å². The van der Waals surface area contributed by atoms with Gasteiger partial charge in [-0.15, -0.1) is 0 Å². The zero-order chi connectivity index (χ0) is 21.3. The number of likely N-dealkylation sites (tertiary alicyclic amines) is 1. The number of piperidine rings is 1. The third-order valence-corrected chi connectivity index (χ3v) is 7.11. The normalized spacial score (nSPS) is 22.0. The van der Waals surface area contributed by atoms with Gasteiger partial charge < -0.3 is 18.9 Å². The number of ether oxygens (including phenoxy) is 2. The van der Waals surface area contributed by atoms with Crippen LogP contribution in [0.5, 0.6) is 0 Å². The summed E-state index contributed by atoms with van der Waals surface area (Å²) in [5.41, 5.74) is 1.37. The summed E-state index contributed by atoms with van der Waals surface area (Å²) in [4.78, 5) is 19.7. The fraction of sp³-hybridized carbons (Fsp3) is 0.727. The van der Waals surface area contributed by atoms with Crippen LogP contribution in [0.15, 0.2) is 10.6 Å². The highest BCUT2D eigenvalue weighted by Gasteiger charge is 2.42. The first-order chi connectivity index (χ1) is 15.2. The molecule has 31 heavy (non-hydrogen) atoms. The molecule has 0 atom stereocenters. The Labute approximate surface area is 181 Å². The molecule has 2 aromatic rings. The van der Waals surface area contributed by atoms with Crippen LogP contribution in [-0.4, -0.2) is 71.2 Å². The van der Waals surface area contributed by atoms with Crippen molar-refractivity contribution < 1.29 is 18.8 Å². The number of aromatic nitrogens is 4. The maximum absolute atomic E-state index is 13.0. The summed E-state index contributed by atoms with van der Waals surface area (Å²) >= 11 is 0. The number of aromatic amines is 1. The van der Waals surface area contributed by atoms with Gasteiger partial charge in [0.05, 0.1) is 0 Å². The van der Waals surface area contributed by atoms with E-state index < -0.39 is 0 Å². The van der Waals surface area contributed by atoms with Gasteiger partial charge in [-0.05, 0) is 51.0 Å². The topological polar surface area (TPSA) is 106 Å². The molecule has 0 unspecified atom stereocenters. The van der Waals surface area contributed by atoms with E-state index in [9.17, 15) is 4.79 Å². The molecule has 1 N–H and O–H groups in total. The van der Waals surface area contributed by atoms with Crippen molar-refractivity contribution >= 4 is 5.91 Å². The van der Waals surface area contributed by atoms with Gasteiger partial charge in [-0.1, -0.05) is 5.16 Å². The van der Waals surface area contributed by atoms with Crippen LogP contribution in [0.2, 0.25) is 0 Å². The average molecular weight is 430 g/mol. The minimum Gasteiger partial charge on any atom is -0.385 e. The van der Waals surface area contributed by atoms with E-state index in [-0.39, 0.29) is 17.2 Å². The number of carbonyl (C=O) groups is 1. The van der Waals surface area contributed by atoms with Gasteiger partial charge in [0.25, 0.3) is 5.91 Å². The molecule has 2 aliphatic heterocycles. The molecule has 9 nitrogen and oxygen atoms in total. The number of nitrogens with one attached hydrogen (secondary N) is 1. The number of methoxy groups -OCH3 is 1. The molecule has 2 aromatic heterocycles. The molecule has 0 aromatic carbocycles. The van der Waals surface area contributed by atoms with Crippen LogP contribution in [0, 0.1) is 0 Å². The second-order valence-corrected chi connectivity index (χ2v) is 9.14. The van der Waals surface area contributed by atoms with Crippen molar-refractivity contribution in [1.82, 2.24) is 25.2 Å².